The van der Waals surface area contributed by atoms with Crippen LogP contribution in [0.1, 0.15) is 32.8 Å². The van der Waals surface area contributed by atoms with Gasteiger partial charge in [-0.25, -0.2) is 4.79 Å². The largest absolute Gasteiger partial charge is 0.481 e. The number of carboxylic acid groups (broad SMARTS) is 1. The Bertz CT molecular complexity index is 571. The molecule has 0 aromatic carbocycles. The van der Waals surface area contributed by atoms with Gasteiger partial charge < -0.3 is 20.1 Å². The number of piperidine rings is 1. The Hall–Kier alpha value is -2.15. The van der Waals surface area contributed by atoms with Crippen LogP contribution in [0.4, 0.5) is 4.79 Å². The fraction of sp³-hybridized carbons (Fsp3) is 0.588. The second-order valence-electron chi connectivity index (χ2n) is 7.00. The van der Waals surface area contributed by atoms with E-state index in [2.05, 4.69) is 10.3 Å². The predicted molar refractivity (Wildman–Crippen MR) is 88.4 cm³/mol. The fourth-order valence-electron chi connectivity index (χ4n) is 2.69. The molecular weight excluding hydrogens is 310 g/mol. The summed E-state index contributed by atoms with van der Waals surface area (Å²) in [6, 6.07) is 3.59. The van der Waals surface area contributed by atoms with Gasteiger partial charge in [-0.2, -0.15) is 0 Å². The van der Waals surface area contributed by atoms with Gasteiger partial charge >= 0.3 is 12.1 Å². The maximum absolute atomic E-state index is 12.2. The van der Waals surface area contributed by atoms with Gasteiger partial charge in [0.25, 0.3) is 0 Å². The molecule has 1 amide bonds. The molecule has 0 spiro atoms. The monoisotopic (exact) mass is 335 g/mol. The lowest BCUT2D eigenvalue weighted by Gasteiger charge is -2.37. The Kier molecular flexibility index (Phi) is 5.77. The molecule has 0 unspecified atom stereocenters. The summed E-state index contributed by atoms with van der Waals surface area (Å²) in [5.41, 5.74) is 0.454. The van der Waals surface area contributed by atoms with E-state index < -0.39 is 23.6 Å². The lowest BCUT2D eigenvalue weighted by molar-refractivity contribution is -0.144. The van der Waals surface area contributed by atoms with Crippen molar-refractivity contribution >= 4 is 12.1 Å². The molecule has 1 aromatic heterocycles. The summed E-state index contributed by atoms with van der Waals surface area (Å²) in [5.74, 6) is -1.57. The Balaban J connectivity index is 1.95. The van der Waals surface area contributed by atoms with E-state index in [4.69, 9.17) is 4.74 Å². The molecular formula is C17H25N3O4. The molecule has 0 bridgehead atoms. The molecule has 0 saturated carbocycles. The number of aromatic nitrogens is 1. The van der Waals surface area contributed by atoms with Crippen LogP contribution >= 0.6 is 0 Å². The topological polar surface area (TPSA) is 91.8 Å². The summed E-state index contributed by atoms with van der Waals surface area (Å²) in [5, 5.41) is 12.8. The number of carboxylic acids is 1. The van der Waals surface area contributed by atoms with Gasteiger partial charge in [0.05, 0.1) is 5.92 Å². The SMILES string of the molecule is CC(C)(C)OC(=O)N1CC[C@H](NCc2ccncc2)[C@H](C(=O)O)C1. The minimum Gasteiger partial charge on any atom is -0.481 e. The average Bonchev–Trinajstić information content (AvgIpc) is 2.52. The molecule has 1 aliphatic rings. The molecule has 24 heavy (non-hydrogen) atoms. The summed E-state index contributed by atoms with van der Waals surface area (Å²) < 4.78 is 5.34. The highest BCUT2D eigenvalue weighted by atomic mass is 16.6. The van der Waals surface area contributed by atoms with Crippen molar-refractivity contribution in [1.29, 1.82) is 0 Å². The molecule has 0 aliphatic carbocycles. The number of pyridine rings is 1. The van der Waals surface area contributed by atoms with Crippen LogP contribution in [-0.4, -0.2) is 51.8 Å². The highest BCUT2D eigenvalue weighted by Gasteiger charge is 2.37. The van der Waals surface area contributed by atoms with Gasteiger partial charge in [0, 0.05) is 38.1 Å². The van der Waals surface area contributed by atoms with Crippen molar-refractivity contribution in [3.8, 4) is 0 Å². The van der Waals surface area contributed by atoms with Crippen molar-refractivity contribution in [3.05, 3.63) is 30.1 Å². The molecule has 7 heteroatoms. The standard InChI is InChI=1S/C17H25N3O4/c1-17(2,3)24-16(23)20-9-6-14(13(11-20)15(21)22)19-10-12-4-7-18-8-5-12/h4-5,7-8,13-14,19H,6,9-11H2,1-3H3,(H,21,22)/t13-,14+/m1/s1. The quantitative estimate of drug-likeness (QED) is 0.873. The number of aliphatic carboxylic acids is 1. The summed E-state index contributed by atoms with van der Waals surface area (Å²) in [6.07, 6.45) is 3.52. The van der Waals surface area contributed by atoms with Crippen molar-refractivity contribution in [2.75, 3.05) is 13.1 Å². The summed E-state index contributed by atoms with van der Waals surface area (Å²) in [4.78, 5) is 29.2. The molecule has 7 nitrogen and oxygen atoms in total. The summed E-state index contributed by atoms with van der Waals surface area (Å²) >= 11 is 0. The van der Waals surface area contributed by atoms with Crippen LogP contribution in [0, 0.1) is 5.92 Å². The number of nitrogens with one attached hydrogen (secondary N) is 1. The van der Waals surface area contributed by atoms with Crippen molar-refractivity contribution < 1.29 is 19.4 Å². The van der Waals surface area contributed by atoms with E-state index in [0.29, 0.717) is 19.5 Å². The first-order valence-electron chi connectivity index (χ1n) is 8.09. The van der Waals surface area contributed by atoms with Gasteiger partial charge in [-0.3, -0.25) is 9.78 Å². The van der Waals surface area contributed by atoms with Crippen LogP contribution in [0.5, 0.6) is 0 Å². The predicted octanol–water partition coefficient (Wildman–Crippen LogP) is 1.88. The van der Waals surface area contributed by atoms with Crippen LogP contribution in [-0.2, 0) is 16.1 Å². The number of amides is 1. The van der Waals surface area contributed by atoms with Gasteiger partial charge in [-0.1, -0.05) is 0 Å². The number of ether oxygens (including phenoxy) is 1. The lowest BCUT2D eigenvalue weighted by Crippen LogP contribution is -2.54. The van der Waals surface area contributed by atoms with E-state index in [1.165, 1.54) is 4.90 Å². The van der Waals surface area contributed by atoms with E-state index in [0.717, 1.165) is 5.56 Å². The van der Waals surface area contributed by atoms with Gasteiger partial charge in [0.2, 0.25) is 0 Å². The molecule has 2 rings (SSSR count). The molecule has 132 valence electrons. The summed E-state index contributed by atoms with van der Waals surface area (Å²) in [6.45, 7) is 6.59. The highest BCUT2D eigenvalue weighted by molar-refractivity contribution is 5.74. The Morgan fingerprint density at radius 1 is 1.38 bits per heavy atom. The van der Waals surface area contributed by atoms with Gasteiger partial charge in [0.15, 0.2) is 0 Å². The van der Waals surface area contributed by atoms with E-state index in [1.54, 1.807) is 33.2 Å². The third-order valence-electron chi connectivity index (χ3n) is 3.90. The Morgan fingerprint density at radius 3 is 2.62 bits per heavy atom. The smallest absolute Gasteiger partial charge is 0.410 e. The molecule has 2 atom stereocenters. The second-order valence-corrected chi connectivity index (χ2v) is 7.00. The minimum absolute atomic E-state index is 0.151. The Labute approximate surface area is 142 Å². The first kappa shape index (κ1) is 18.2. The van der Waals surface area contributed by atoms with Gasteiger partial charge in [-0.15, -0.1) is 0 Å². The van der Waals surface area contributed by atoms with Crippen LogP contribution in [0.3, 0.4) is 0 Å². The van der Waals surface area contributed by atoms with E-state index >= 15 is 0 Å². The van der Waals surface area contributed by atoms with Crippen LogP contribution in [0.2, 0.25) is 0 Å². The van der Waals surface area contributed by atoms with Crippen LogP contribution in [0.15, 0.2) is 24.5 Å². The fourth-order valence-corrected chi connectivity index (χ4v) is 2.69. The third kappa shape index (κ3) is 5.19. The maximum Gasteiger partial charge on any atom is 0.410 e. The molecule has 2 N–H and O–H groups in total. The zero-order valence-corrected chi connectivity index (χ0v) is 14.4. The number of rotatable bonds is 4. The number of hydrogen-bond acceptors (Lipinski definition) is 5. The first-order valence-corrected chi connectivity index (χ1v) is 8.09. The van der Waals surface area contributed by atoms with Crippen molar-refractivity contribution in [3.63, 3.8) is 0 Å². The van der Waals surface area contributed by atoms with E-state index in [-0.39, 0.29) is 12.6 Å². The number of hydrogen-bond donors (Lipinski definition) is 2. The Morgan fingerprint density at radius 2 is 2.04 bits per heavy atom. The molecule has 0 radical (unpaired) electrons. The first-order chi connectivity index (χ1) is 11.3. The van der Waals surface area contributed by atoms with Crippen molar-refractivity contribution in [2.24, 2.45) is 5.92 Å². The number of likely N-dealkylation sites (tertiary alicyclic amines) is 1. The van der Waals surface area contributed by atoms with Gasteiger partial charge in [0.1, 0.15) is 5.60 Å². The highest BCUT2D eigenvalue weighted by Crippen LogP contribution is 2.21. The summed E-state index contributed by atoms with van der Waals surface area (Å²) in [7, 11) is 0. The minimum atomic E-state index is -0.907. The lowest BCUT2D eigenvalue weighted by atomic mass is 9.92. The number of carbonyl (C=O) groups excluding carboxylic acids is 1. The number of carbonyl (C=O) groups is 2. The van der Waals surface area contributed by atoms with Crippen LogP contribution < -0.4 is 5.32 Å². The molecule has 2 heterocycles. The van der Waals surface area contributed by atoms with E-state index in [9.17, 15) is 14.7 Å². The zero-order valence-electron chi connectivity index (χ0n) is 14.4. The number of nitrogens with zero attached hydrogens (tertiary/aromatic N) is 2. The van der Waals surface area contributed by atoms with Crippen LogP contribution in [0.25, 0.3) is 0 Å². The normalized spacial score (nSPS) is 21.4. The maximum atomic E-state index is 12.2. The zero-order chi connectivity index (χ0) is 17.7. The van der Waals surface area contributed by atoms with Gasteiger partial charge in [-0.05, 0) is 44.9 Å². The molecule has 1 aromatic rings. The molecule has 1 saturated heterocycles. The third-order valence-corrected chi connectivity index (χ3v) is 3.90. The molecule has 1 aliphatic heterocycles. The van der Waals surface area contributed by atoms with Crippen molar-refractivity contribution in [2.45, 2.75) is 45.4 Å². The van der Waals surface area contributed by atoms with Crippen molar-refractivity contribution in [1.82, 2.24) is 15.2 Å². The second kappa shape index (κ2) is 7.61. The average molecular weight is 335 g/mol. The van der Waals surface area contributed by atoms with E-state index in [1.807, 2.05) is 12.1 Å². The molecule has 1 fully saturated rings.